The maximum atomic E-state index is 11.9. The van der Waals surface area contributed by atoms with Gasteiger partial charge in [-0.2, -0.15) is 0 Å². The van der Waals surface area contributed by atoms with Gasteiger partial charge >= 0.3 is 6.09 Å². The van der Waals surface area contributed by atoms with E-state index in [0.717, 1.165) is 18.8 Å². The third-order valence-corrected chi connectivity index (χ3v) is 4.10. The van der Waals surface area contributed by atoms with Gasteiger partial charge in [0.25, 0.3) is 0 Å². The molecule has 1 amide bonds. The molecule has 2 aliphatic rings. The molecular weight excluding hydrogens is 423 g/mol. The van der Waals surface area contributed by atoms with E-state index in [2.05, 4.69) is 15.6 Å². The second kappa shape index (κ2) is 9.07. The molecule has 2 N–H and O–H groups in total. The van der Waals surface area contributed by atoms with Gasteiger partial charge in [-0.05, 0) is 40.0 Å². The van der Waals surface area contributed by atoms with Gasteiger partial charge in [0, 0.05) is 27.2 Å². The summed E-state index contributed by atoms with van der Waals surface area (Å²) in [6.45, 7) is 6.74. The minimum absolute atomic E-state index is 0. The SMILES string of the molecule is CN=C(NCCN(C)C(=O)OC(C)(C)C)NC1CC2CCC1O2.I. The van der Waals surface area contributed by atoms with Crippen LogP contribution in [0.4, 0.5) is 4.79 Å². The molecule has 7 nitrogen and oxygen atoms in total. The highest BCUT2D eigenvalue weighted by atomic mass is 127. The number of likely N-dealkylation sites (N-methyl/N-ethyl adjacent to an activating group) is 1. The normalized spacial score (nSPS) is 25.9. The van der Waals surface area contributed by atoms with Crippen molar-refractivity contribution in [1.82, 2.24) is 15.5 Å². The van der Waals surface area contributed by atoms with Crippen LogP contribution in [0, 0.1) is 0 Å². The summed E-state index contributed by atoms with van der Waals surface area (Å²) in [5.41, 5.74) is -0.474. The predicted molar refractivity (Wildman–Crippen MR) is 105 cm³/mol. The van der Waals surface area contributed by atoms with E-state index in [1.54, 1.807) is 19.0 Å². The Morgan fingerprint density at radius 3 is 2.58 bits per heavy atom. The van der Waals surface area contributed by atoms with Crippen LogP contribution in [0.15, 0.2) is 4.99 Å². The van der Waals surface area contributed by atoms with Crippen molar-refractivity contribution in [2.75, 3.05) is 27.2 Å². The highest BCUT2D eigenvalue weighted by molar-refractivity contribution is 14.0. The Labute approximate surface area is 161 Å². The van der Waals surface area contributed by atoms with E-state index in [1.807, 2.05) is 20.8 Å². The highest BCUT2D eigenvalue weighted by Crippen LogP contribution is 2.34. The summed E-state index contributed by atoms with van der Waals surface area (Å²) >= 11 is 0. The molecule has 3 atom stereocenters. The molecule has 0 radical (unpaired) electrons. The number of hydrogen-bond acceptors (Lipinski definition) is 4. The van der Waals surface area contributed by atoms with Crippen LogP contribution >= 0.6 is 24.0 Å². The zero-order chi connectivity index (χ0) is 17.0. The van der Waals surface area contributed by atoms with E-state index >= 15 is 0 Å². The monoisotopic (exact) mass is 454 g/mol. The van der Waals surface area contributed by atoms with Crippen LogP contribution < -0.4 is 10.6 Å². The molecule has 2 bridgehead atoms. The van der Waals surface area contributed by atoms with E-state index < -0.39 is 5.60 Å². The molecule has 140 valence electrons. The molecule has 3 unspecified atom stereocenters. The molecule has 2 heterocycles. The first-order valence-electron chi connectivity index (χ1n) is 8.35. The van der Waals surface area contributed by atoms with E-state index in [9.17, 15) is 4.79 Å². The molecule has 0 saturated carbocycles. The zero-order valence-electron chi connectivity index (χ0n) is 15.3. The zero-order valence-corrected chi connectivity index (χ0v) is 17.6. The Morgan fingerprint density at radius 1 is 1.38 bits per heavy atom. The van der Waals surface area contributed by atoms with Crippen molar-refractivity contribution < 1.29 is 14.3 Å². The van der Waals surface area contributed by atoms with Gasteiger partial charge in [0.2, 0.25) is 0 Å². The first kappa shape index (κ1) is 21.3. The van der Waals surface area contributed by atoms with E-state index in [1.165, 1.54) is 6.42 Å². The molecule has 2 rings (SSSR count). The first-order chi connectivity index (χ1) is 10.8. The fraction of sp³-hybridized carbons (Fsp3) is 0.875. The molecule has 0 aromatic rings. The van der Waals surface area contributed by atoms with Crippen molar-refractivity contribution >= 4 is 36.0 Å². The number of ether oxygens (including phenoxy) is 2. The van der Waals surface area contributed by atoms with E-state index in [4.69, 9.17) is 9.47 Å². The molecule has 0 aromatic heterocycles. The number of guanidine groups is 1. The Hall–Kier alpha value is -0.770. The van der Waals surface area contributed by atoms with Gasteiger partial charge in [-0.25, -0.2) is 4.79 Å². The molecule has 24 heavy (non-hydrogen) atoms. The number of amides is 1. The first-order valence-corrected chi connectivity index (χ1v) is 8.35. The smallest absolute Gasteiger partial charge is 0.410 e. The average Bonchev–Trinajstić information content (AvgIpc) is 3.06. The fourth-order valence-electron chi connectivity index (χ4n) is 2.93. The van der Waals surface area contributed by atoms with Crippen molar-refractivity contribution in [2.24, 2.45) is 4.99 Å². The van der Waals surface area contributed by atoms with Gasteiger partial charge in [-0.15, -0.1) is 24.0 Å². The molecule has 2 aliphatic heterocycles. The highest BCUT2D eigenvalue weighted by Gasteiger charge is 2.41. The molecular formula is C16H31IN4O3. The fourth-order valence-corrected chi connectivity index (χ4v) is 2.93. The Kier molecular flexibility index (Phi) is 8.04. The second-order valence-corrected chi connectivity index (χ2v) is 7.26. The van der Waals surface area contributed by atoms with E-state index in [-0.39, 0.29) is 30.1 Å². The van der Waals surface area contributed by atoms with Crippen LogP contribution in [-0.2, 0) is 9.47 Å². The molecule has 2 saturated heterocycles. The van der Waals surface area contributed by atoms with Crippen LogP contribution in [0.3, 0.4) is 0 Å². The predicted octanol–water partition coefficient (Wildman–Crippen LogP) is 1.96. The Morgan fingerprint density at radius 2 is 2.08 bits per heavy atom. The van der Waals surface area contributed by atoms with Crippen LogP contribution in [0.2, 0.25) is 0 Å². The number of aliphatic imine (C=N–C) groups is 1. The summed E-state index contributed by atoms with van der Waals surface area (Å²) in [6.07, 6.45) is 3.75. The summed E-state index contributed by atoms with van der Waals surface area (Å²) in [5.74, 6) is 0.753. The molecule has 8 heteroatoms. The van der Waals surface area contributed by atoms with E-state index in [0.29, 0.717) is 31.3 Å². The number of hydrogen-bond donors (Lipinski definition) is 2. The summed E-state index contributed by atoms with van der Waals surface area (Å²) < 4.78 is 11.2. The Bertz CT molecular complexity index is 453. The number of halogens is 1. The minimum atomic E-state index is -0.474. The number of carbonyl (C=O) groups is 1. The lowest BCUT2D eigenvalue weighted by molar-refractivity contribution is 0.0302. The van der Waals surface area contributed by atoms with Gasteiger partial charge in [-0.3, -0.25) is 4.99 Å². The lowest BCUT2D eigenvalue weighted by Crippen LogP contribution is -2.49. The third-order valence-electron chi connectivity index (χ3n) is 4.10. The van der Waals surface area contributed by atoms with Gasteiger partial charge in [0.05, 0.1) is 18.2 Å². The van der Waals surface area contributed by atoms with Gasteiger partial charge in [0.1, 0.15) is 5.60 Å². The number of fused-ring (bicyclic) bond motifs is 2. The van der Waals surface area contributed by atoms with Crippen LogP contribution in [0.25, 0.3) is 0 Å². The number of rotatable bonds is 4. The van der Waals surface area contributed by atoms with Crippen molar-refractivity contribution in [2.45, 2.75) is 63.9 Å². The van der Waals surface area contributed by atoms with Gasteiger partial charge < -0.3 is 25.0 Å². The standard InChI is InChI=1S/C16H30N4O3.HI/c1-16(2,3)23-15(21)20(5)9-8-18-14(17-4)19-12-10-11-6-7-13(12)22-11;/h11-13H,6-10H2,1-5H3,(H2,17,18,19);1H. The lowest BCUT2D eigenvalue weighted by atomic mass is 9.96. The molecule has 0 aromatic carbocycles. The molecule has 2 fully saturated rings. The van der Waals surface area contributed by atoms with Crippen LogP contribution in [0.1, 0.15) is 40.0 Å². The molecule has 0 aliphatic carbocycles. The third kappa shape index (κ3) is 6.27. The topological polar surface area (TPSA) is 75.2 Å². The summed E-state index contributed by atoms with van der Waals surface area (Å²) in [4.78, 5) is 17.7. The number of nitrogens with zero attached hydrogens (tertiary/aromatic N) is 2. The van der Waals surface area contributed by atoms with Crippen LogP contribution in [0.5, 0.6) is 0 Å². The maximum Gasteiger partial charge on any atom is 0.410 e. The van der Waals surface area contributed by atoms with Crippen molar-refractivity contribution in [1.29, 1.82) is 0 Å². The average molecular weight is 454 g/mol. The Balaban J connectivity index is 0.00000288. The molecule has 0 spiro atoms. The quantitative estimate of drug-likeness (QED) is 0.386. The van der Waals surface area contributed by atoms with Gasteiger partial charge in [-0.1, -0.05) is 0 Å². The van der Waals surface area contributed by atoms with Crippen molar-refractivity contribution in [3.8, 4) is 0 Å². The van der Waals surface area contributed by atoms with Crippen molar-refractivity contribution in [3.63, 3.8) is 0 Å². The summed E-state index contributed by atoms with van der Waals surface area (Å²) in [6, 6.07) is 0.337. The largest absolute Gasteiger partial charge is 0.444 e. The summed E-state index contributed by atoms with van der Waals surface area (Å²) in [7, 11) is 3.48. The minimum Gasteiger partial charge on any atom is -0.444 e. The second-order valence-electron chi connectivity index (χ2n) is 7.26. The van der Waals surface area contributed by atoms with Crippen LogP contribution in [-0.4, -0.2) is 68.0 Å². The maximum absolute atomic E-state index is 11.9. The van der Waals surface area contributed by atoms with Crippen molar-refractivity contribution in [3.05, 3.63) is 0 Å². The number of carbonyl (C=O) groups excluding carboxylic acids is 1. The van der Waals surface area contributed by atoms with Gasteiger partial charge in [0.15, 0.2) is 5.96 Å². The number of nitrogens with one attached hydrogen (secondary N) is 2. The summed E-state index contributed by atoms with van der Waals surface area (Å²) in [5, 5.41) is 6.66. The lowest BCUT2D eigenvalue weighted by Gasteiger charge is -2.25.